The van der Waals surface area contributed by atoms with Gasteiger partial charge in [-0.05, 0) is 43.7 Å². The molecule has 4 nitrogen and oxygen atoms in total. The molecule has 0 saturated heterocycles. The van der Waals surface area contributed by atoms with Crippen LogP contribution in [0.1, 0.15) is 27.0 Å². The highest BCUT2D eigenvalue weighted by Gasteiger charge is 2.07. The molecular weight excluding hydrogens is 288 g/mol. The Morgan fingerprint density at radius 2 is 1.91 bits per heavy atom. The standard InChI is InChI=1S/C19H18N2O2/c1-13-7-14(2)9-17(8-13)19(22)21-11-15-3-4-18(20-10-15)16-5-6-23-12-16/h3-10,12H,11H2,1-2H3,(H,21,22). The molecule has 0 aliphatic rings. The van der Waals surface area contributed by atoms with Crippen LogP contribution in [-0.2, 0) is 6.54 Å². The number of rotatable bonds is 4. The number of hydrogen-bond donors (Lipinski definition) is 1. The van der Waals surface area contributed by atoms with Crippen molar-refractivity contribution < 1.29 is 9.21 Å². The van der Waals surface area contributed by atoms with E-state index in [1.165, 1.54) is 0 Å². The van der Waals surface area contributed by atoms with Crippen LogP contribution >= 0.6 is 0 Å². The van der Waals surface area contributed by atoms with Gasteiger partial charge in [-0.25, -0.2) is 0 Å². The van der Waals surface area contributed by atoms with E-state index in [2.05, 4.69) is 16.4 Å². The lowest BCUT2D eigenvalue weighted by Gasteiger charge is -2.07. The number of aryl methyl sites for hydroxylation is 2. The zero-order valence-electron chi connectivity index (χ0n) is 13.2. The van der Waals surface area contributed by atoms with Crippen LogP contribution in [-0.4, -0.2) is 10.9 Å². The van der Waals surface area contributed by atoms with Gasteiger partial charge in [-0.3, -0.25) is 9.78 Å². The van der Waals surface area contributed by atoms with Crippen LogP contribution in [0.5, 0.6) is 0 Å². The summed E-state index contributed by atoms with van der Waals surface area (Å²) in [6.45, 7) is 4.43. The first-order chi connectivity index (χ1) is 11.1. The van der Waals surface area contributed by atoms with Gasteiger partial charge in [0.05, 0.1) is 18.2 Å². The Bertz CT molecular complexity index is 786. The molecule has 0 atom stereocenters. The van der Waals surface area contributed by atoms with Gasteiger partial charge in [0.2, 0.25) is 0 Å². The first-order valence-electron chi connectivity index (χ1n) is 7.46. The zero-order chi connectivity index (χ0) is 16.2. The summed E-state index contributed by atoms with van der Waals surface area (Å²) in [5.74, 6) is -0.0734. The Morgan fingerprint density at radius 3 is 2.52 bits per heavy atom. The molecule has 0 aliphatic carbocycles. The topological polar surface area (TPSA) is 55.1 Å². The second kappa shape index (κ2) is 6.48. The van der Waals surface area contributed by atoms with Gasteiger partial charge in [0.1, 0.15) is 0 Å². The van der Waals surface area contributed by atoms with Gasteiger partial charge >= 0.3 is 0 Å². The number of nitrogens with one attached hydrogen (secondary N) is 1. The molecule has 2 heterocycles. The third kappa shape index (κ3) is 3.66. The lowest BCUT2D eigenvalue weighted by atomic mass is 10.1. The molecule has 3 rings (SSSR count). The molecule has 1 aromatic carbocycles. The molecule has 0 spiro atoms. The maximum absolute atomic E-state index is 12.2. The predicted molar refractivity (Wildman–Crippen MR) is 89.0 cm³/mol. The number of hydrogen-bond acceptors (Lipinski definition) is 3. The summed E-state index contributed by atoms with van der Waals surface area (Å²) in [5.41, 5.74) is 5.60. The van der Waals surface area contributed by atoms with Crippen LogP contribution < -0.4 is 5.32 Å². The lowest BCUT2D eigenvalue weighted by Crippen LogP contribution is -2.23. The predicted octanol–water partition coefficient (Wildman–Crippen LogP) is 3.89. The van der Waals surface area contributed by atoms with Crippen molar-refractivity contribution in [2.45, 2.75) is 20.4 Å². The van der Waals surface area contributed by atoms with Crippen molar-refractivity contribution in [3.05, 3.63) is 77.4 Å². The number of pyridine rings is 1. The number of carbonyl (C=O) groups is 1. The second-order valence-electron chi connectivity index (χ2n) is 5.62. The van der Waals surface area contributed by atoms with Crippen LogP contribution in [0.4, 0.5) is 0 Å². The molecule has 0 radical (unpaired) electrons. The van der Waals surface area contributed by atoms with Crippen molar-refractivity contribution in [3.8, 4) is 11.3 Å². The van der Waals surface area contributed by atoms with E-state index in [4.69, 9.17) is 4.42 Å². The number of amides is 1. The molecule has 0 unspecified atom stereocenters. The van der Waals surface area contributed by atoms with E-state index in [-0.39, 0.29) is 5.91 Å². The average molecular weight is 306 g/mol. The molecule has 1 amide bonds. The highest BCUT2D eigenvalue weighted by molar-refractivity contribution is 5.94. The smallest absolute Gasteiger partial charge is 0.251 e. The van der Waals surface area contributed by atoms with E-state index < -0.39 is 0 Å². The van der Waals surface area contributed by atoms with E-state index >= 15 is 0 Å². The zero-order valence-corrected chi connectivity index (χ0v) is 13.2. The van der Waals surface area contributed by atoms with Crippen LogP contribution in [0.25, 0.3) is 11.3 Å². The van der Waals surface area contributed by atoms with E-state index in [1.807, 2.05) is 44.2 Å². The highest BCUT2D eigenvalue weighted by atomic mass is 16.3. The Kier molecular flexibility index (Phi) is 4.24. The summed E-state index contributed by atoms with van der Waals surface area (Å²) in [4.78, 5) is 16.6. The molecule has 0 saturated carbocycles. The Morgan fingerprint density at radius 1 is 1.13 bits per heavy atom. The van der Waals surface area contributed by atoms with Gasteiger partial charge in [0.25, 0.3) is 5.91 Å². The van der Waals surface area contributed by atoms with Gasteiger partial charge < -0.3 is 9.73 Å². The van der Waals surface area contributed by atoms with Gasteiger partial charge in [-0.15, -0.1) is 0 Å². The van der Waals surface area contributed by atoms with E-state index in [9.17, 15) is 4.79 Å². The Labute approximate surface area is 135 Å². The van der Waals surface area contributed by atoms with Gasteiger partial charge in [0, 0.05) is 23.9 Å². The average Bonchev–Trinajstić information content (AvgIpc) is 3.06. The number of carbonyl (C=O) groups excluding carboxylic acids is 1. The minimum atomic E-state index is -0.0734. The number of furan rings is 1. The summed E-state index contributed by atoms with van der Waals surface area (Å²) in [7, 11) is 0. The minimum Gasteiger partial charge on any atom is -0.472 e. The summed E-state index contributed by atoms with van der Waals surface area (Å²) < 4.78 is 5.05. The molecule has 1 N–H and O–H groups in total. The molecular formula is C19H18N2O2. The number of aromatic nitrogens is 1. The summed E-state index contributed by atoms with van der Waals surface area (Å²) in [6, 6.07) is 11.6. The first-order valence-corrected chi connectivity index (χ1v) is 7.46. The van der Waals surface area contributed by atoms with Gasteiger partial charge in [-0.2, -0.15) is 0 Å². The Hall–Kier alpha value is -2.88. The molecule has 23 heavy (non-hydrogen) atoms. The Balaban J connectivity index is 1.65. The normalized spacial score (nSPS) is 10.5. The monoisotopic (exact) mass is 306 g/mol. The van der Waals surface area contributed by atoms with Gasteiger partial charge in [0.15, 0.2) is 0 Å². The fourth-order valence-corrected chi connectivity index (χ4v) is 2.50. The molecule has 4 heteroatoms. The number of nitrogens with zero attached hydrogens (tertiary/aromatic N) is 1. The van der Waals surface area contributed by atoms with Crippen molar-refractivity contribution in [2.24, 2.45) is 0 Å². The molecule has 2 aromatic heterocycles. The lowest BCUT2D eigenvalue weighted by molar-refractivity contribution is 0.0950. The fraction of sp³-hybridized carbons (Fsp3) is 0.158. The fourth-order valence-electron chi connectivity index (χ4n) is 2.50. The van der Waals surface area contributed by atoms with E-state index in [0.29, 0.717) is 12.1 Å². The summed E-state index contributed by atoms with van der Waals surface area (Å²) in [5, 5.41) is 2.93. The van der Waals surface area contributed by atoms with Gasteiger partial charge in [-0.1, -0.05) is 23.3 Å². The minimum absolute atomic E-state index is 0.0734. The maximum atomic E-state index is 12.2. The SMILES string of the molecule is Cc1cc(C)cc(C(=O)NCc2ccc(-c3ccoc3)nc2)c1. The molecule has 0 bridgehead atoms. The first kappa shape index (κ1) is 15.0. The van der Waals surface area contributed by atoms with Crippen molar-refractivity contribution in [1.29, 1.82) is 0 Å². The molecule has 0 fully saturated rings. The molecule has 0 aliphatic heterocycles. The van der Waals surface area contributed by atoms with Crippen molar-refractivity contribution in [3.63, 3.8) is 0 Å². The van der Waals surface area contributed by atoms with Crippen LogP contribution in [0, 0.1) is 13.8 Å². The second-order valence-corrected chi connectivity index (χ2v) is 5.62. The largest absolute Gasteiger partial charge is 0.472 e. The number of benzene rings is 1. The van der Waals surface area contributed by atoms with E-state index in [0.717, 1.165) is 27.9 Å². The molecule has 116 valence electrons. The third-order valence-electron chi connectivity index (χ3n) is 3.58. The van der Waals surface area contributed by atoms with Crippen molar-refractivity contribution in [2.75, 3.05) is 0 Å². The van der Waals surface area contributed by atoms with Crippen molar-refractivity contribution >= 4 is 5.91 Å². The quantitative estimate of drug-likeness (QED) is 0.795. The highest BCUT2D eigenvalue weighted by Crippen LogP contribution is 2.17. The summed E-state index contributed by atoms with van der Waals surface area (Å²) >= 11 is 0. The van der Waals surface area contributed by atoms with Crippen molar-refractivity contribution in [1.82, 2.24) is 10.3 Å². The maximum Gasteiger partial charge on any atom is 0.251 e. The van der Waals surface area contributed by atoms with E-state index in [1.54, 1.807) is 18.7 Å². The third-order valence-corrected chi connectivity index (χ3v) is 3.58. The summed E-state index contributed by atoms with van der Waals surface area (Å²) in [6.07, 6.45) is 5.04. The molecule has 3 aromatic rings. The van der Waals surface area contributed by atoms with Crippen LogP contribution in [0.15, 0.2) is 59.5 Å². The van der Waals surface area contributed by atoms with Crippen LogP contribution in [0.3, 0.4) is 0 Å². The van der Waals surface area contributed by atoms with Crippen LogP contribution in [0.2, 0.25) is 0 Å².